The van der Waals surface area contributed by atoms with E-state index in [0.29, 0.717) is 17.7 Å². The van der Waals surface area contributed by atoms with Gasteiger partial charge in [0.25, 0.3) is 0 Å². The lowest BCUT2D eigenvalue weighted by Crippen LogP contribution is -2.18. The van der Waals surface area contributed by atoms with Gasteiger partial charge in [0.1, 0.15) is 12.0 Å². The van der Waals surface area contributed by atoms with Crippen LogP contribution in [0.5, 0.6) is 0 Å². The van der Waals surface area contributed by atoms with Gasteiger partial charge in [-0.2, -0.15) is 0 Å². The lowest BCUT2D eigenvalue weighted by atomic mass is 10.0. The van der Waals surface area contributed by atoms with Gasteiger partial charge in [0.2, 0.25) is 5.91 Å². The maximum Gasteiger partial charge on any atom is 0.239 e. The first-order valence-electron chi connectivity index (χ1n) is 5.46. The number of benzene rings is 1. The topological polar surface area (TPSA) is 69.6 Å². The van der Waals surface area contributed by atoms with Crippen LogP contribution in [0.1, 0.15) is 18.1 Å². The molecule has 0 aliphatic rings. The van der Waals surface area contributed by atoms with Gasteiger partial charge in [0.15, 0.2) is 0 Å². The Morgan fingerprint density at radius 1 is 1.22 bits per heavy atom. The maximum absolute atomic E-state index is 11.0. The van der Waals surface area contributed by atoms with Gasteiger partial charge in [-0.1, -0.05) is 12.1 Å². The number of carbonyl (C=O) groups is 1. The third kappa shape index (κ3) is 4.46. The Balaban J connectivity index is 2.67. The molecule has 18 heavy (non-hydrogen) atoms. The summed E-state index contributed by atoms with van der Waals surface area (Å²) in [6.07, 6.45) is -1.57. The number of halogens is 2. The molecule has 2 unspecified atom stereocenters. The van der Waals surface area contributed by atoms with Gasteiger partial charge in [-0.05, 0) is 24.1 Å². The van der Waals surface area contributed by atoms with Crippen LogP contribution in [0, 0.1) is 0 Å². The molecule has 0 aromatic heterocycles. The molecule has 0 heterocycles. The van der Waals surface area contributed by atoms with Gasteiger partial charge in [0, 0.05) is 11.6 Å². The molecule has 0 saturated carbocycles. The van der Waals surface area contributed by atoms with Crippen molar-refractivity contribution >= 4 is 34.8 Å². The summed E-state index contributed by atoms with van der Waals surface area (Å²) in [5, 5.41) is 22.0. The number of amides is 1. The molecule has 0 saturated heterocycles. The van der Waals surface area contributed by atoms with Gasteiger partial charge in [0.05, 0.1) is 6.10 Å². The zero-order valence-corrected chi connectivity index (χ0v) is 11.2. The van der Waals surface area contributed by atoms with Crippen LogP contribution in [0.15, 0.2) is 24.3 Å². The van der Waals surface area contributed by atoms with E-state index >= 15 is 0 Å². The summed E-state index contributed by atoms with van der Waals surface area (Å²) in [5.74, 6) is -0.131. The second kappa shape index (κ2) is 7.59. The number of aliphatic hydroxyl groups is 2. The van der Waals surface area contributed by atoms with Crippen LogP contribution in [-0.4, -0.2) is 34.0 Å². The molecule has 1 rings (SSSR count). The Morgan fingerprint density at radius 3 is 2.33 bits per heavy atom. The minimum Gasteiger partial charge on any atom is -0.390 e. The molecule has 0 aliphatic heterocycles. The first kappa shape index (κ1) is 15.2. The van der Waals surface area contributed by atoms with E-state index in [2.05, 4.69) is 5.32 Å². The zero-order valence-electron chi connectivity index (χ0n) is 9.64. The van der Waals surface area contributed by atoms with E-state index in [1.807, 2.05) is 0 Å². The number of carbonyl (C=O) groups excluding carboxylic acids is 1. The van der Waals surface area contributed by atoms with E-state index in [9.17, 15) is 15.0 Å². The first-order chi connectivity index (χ1) is 8.58. The van der Waals surface area contributed by atoms with Gasteiger partial charge in [-0.25, -0.2) is 0 Å². The summed E-state index contributed by atoms with van der Waals surface area (Å²) in [7, 11) is 0. The first-order valence-corrected chi connectivity index (χ1v) is 6.53. The van der Waals surface area contributed by atoms with E-state index < -0.39 is 12.2 Å². The molecule has 3 N–H and O–H groups in total. The number of alkyl halides is 2. The summed E-state index contributed by atoms with van der Waals surface area (Å²) in [6.45, 7) is 0. The predicted octanol–water partition coefficient (Wildman–Crippen LogP) is 1.89. The molecule has 100 valence electrons. The Morgan fingerprint density at radius 2 is 1.83 bits per heavy atom. The van der Waals surface area contributed by atoms with Crippen LogP contribution in [0.25, 0.3) is 0 Å². The Kier molecular flexibility index (Phi) is 6.43. The van der Waals surface area contributed by atoms with Crippen molar-refractivity contribution in [2.75, 3.05) is 17.1 Å². The summed E-state index contributed by atoms with van der Waals surface area (Å²) in [4.78, 5) is 11.0. The van der Waals surface area contributed by atoms with E-state index in [1.165, 1.54) is 0 Å². The van der Waals surface area contributed by atoms with Crippen LogP contribution in [0.4, 0.5) is 5.69 Å². The third-order valence-corrected chi connectivity index (χ3v) is 2.89. The van der Waals surface area contributed by atoms with Gasteiger partial charge >= 0.3 is 0 Å². The largest absolute Gasteiger partial charge is 0.390 e. The summed E-state index contributed by atoms with van der Waals surface area (Å²) >= 11 is 10.9. The van der Waals surface area contributed by atoms with Crippen molar-refractivity contribution in [3.05, 3.63) is 29.8 Å². The predicted molar refractivity (Wildman–Crippen MR) is 72.1 cm³/mol. The number of nitrogens with one attached hydrogen (secondary N) is 1. The van der Waals surface area contributed by atoms with Crippen LogP contribution in [0.2, 0.25) is 0 Å². The molecular formula is C12H15Cl2NO3. The highest BCUT2D eigenvalue weighted by Gasteiger charge is 2.17. The SMILES string of the molecule is O=C(CCl)Nc1ccc(C(O)C(O)CCCl)cc1. The number of rotatable bonds is 6. The fourth-order valence-electron chi connectivity index (χ4n) is 1.45. The molecule has 0 bridgehead atoms. The van der Waals surface area contributed by atoms with Gasteiger partial charge in [-0.15, -0.1) is 23.2 Å². The van der Waals surface area contributed by atoms with Crippen molar-refractivity contribution in [1.82, 2.24) is 0 Å². The number of aliphatic hydroxyl groups excluding tert-OH is 2. The average molecular weight is 292 g/mol. The van der Waals surface area contributed by atoms with Crippen molar-refractivity contribution in [3.8, 4) is 0 Å². The van der Waals surface area contributed by atoms with Gasteiger partial charge in [-0.3, -0.25) is 4.79 Å². The van der Waals surface area contributed by atoms with Crippen LogP contribution < -0.4 is 5.32 Å². The molecule has 0 spiro atoms. The van der Waals surface area contributed by atoms with E-state index in [1.54, 1.807) is 24.3 Å². The smallest absolute Gasteiger partial charge is 0.239 e. The Bertz CT molecular complexity index is 383. The second-order valence-corrected chi connectivity index (χ2v) is 4.44. The number of hydrogen-bond acceptors (Lipinski definition) is 3. The average Bonchev–Trinajstić information content (AvgIpc) is 2.39. The highest BCUT2D eigenvalue weighted by atomic mass is 35.5. The molecule has 6 heteroatoms. The Hall–Kier alpha value is -0.810. The molecule has 2 atom stereocenters. The second-order valence-electron chi connectivity index (χ2n) is 3.79. The molecule has 1 aromatic carbocycles. The summed E-state index contributed by atoms with van der Waals surface area (Å²) in [6, 6.07) is 6.53. The van der Waals surface area contributed by atoms with Crippen LogP contribution >= 0.6 is 23.2 Å². The maximum atomic E-state index is 11.0. The fourth-order valence-corrected chi connectivity index (χ4v) is 1.74. The molecule has 0 fully saturated rings. The fraction of sp³-hybridized carbons (Fsp3) is 0.417. The van der Waals surface area contributed by atoms with Crippen molar-refractivity contribution in [2.45, 2.75) is 18.6 Å². The summed E-state index contributed by atoms with van der Waals surface area (Å²) in [5.41, 5.74) is 1.15. The monoisotopic (exact) mass is 291 g/mol. The van der Waals surface area contributed by atoms with Gasteiger partial charge < -0.3 is 15.5 Å². The third-order valence-electron chi connectivity index (χ3n) is 2.43. The van der Waals surface area contributed by atoms with Crippen LogP contribution in [0.3, 0.4) is 0 Å². The standard InChI is InChI=1S/C12H15Cl2NO3/c13-6-5-10(16)12(18)8-1-3-9(4-2-8)15-11(17)7-14/h1-4,10,12,16,18H,5-7H2,(H,15,17). The van der Waals surface area contributed by atoms with E-state index in [4.69, 9.17) is 23.2 Å². The molecule has 1 amide bonds. The normalized spacial score (nSPS) is 14.0. The zero-order chi connectivity index (χ0) is 13.5. The van der Waals surface area contributed by atoms with Crippen molar-refractivity contribution in [3.63, 3.8) is 0 Å². The molecule has 0 aliphatic carbocycles. The quantitative estimate of drug-likeness (QED) is 0.701. The lowest BCUT2D eigenvalue weighted by Gasteiger charge is -2.17. The number of hydrogen-bond donors (Lipinski definition) is 3. The Labute approximate surface area is 116 Å². The molecular weight excluding hydrogens is 277 g/mol. The van der Waals surface area contributed by atoms with E-state index in [0.717, 1.165) is 0 Å². The van der Waals surface area contributed by atoms with Crippen LogP contribution in [-0.2, 0) is 4.79 Å². The van der Waals surface area contributed by atoms with Crippen molar-refractivity contribution < 1.29 is 15.0 Å². The highest BCUT2D eigenvalue weighted by Crippen LogP contribution is 2.21. The molecule has 0 radical (unpaired) electrons. The number of anilines is 1. The minimum atomic E-state index is -0.985. The van der Waals surface area contributed by atoms with Crippen molar-refractivity contribution in [1.29, 1.82) is 0 Å². The highest BCUT2D eigenvalue weighted by molar-refractivity contribution is 6.29. The summed E-state index contributed by atoms with van der Waals surface area (Å²) < 4.78 is 0. The molecule has 4 nitrogen and oxygen atoms in total. The van der Waals surface area contributed by atoms with Crippen molar-refractivity contribution in [2.24, 2.45) is 0 Å². The minimum absolute atomic E-state index is 0.112. The molecule has 1 aromatic rings. The lowest BCUT2D eigenvalue weighted by molar-refractivity contribution is -0.113. The van der Waals surface area contributed by atoms with E-state index in [-0.39, 0.29) is 17.7 Å².